The Bertz CT molecular complexity index is 829. The van der Waals surface area contributed by atoms with Crippen molar-refractivity contribution in [2.45, 2.75) is 25.9 Å². The van der Waals surface area contributed by atoms with E-state index < -0.39 is 0 Å². The minimum absolute atomic E-state index is 0.112. The molecule has 25 heavy (non-hydrogen) atoms. The third-order valence-electron chi connectivity index (χ3n) is 3.92. The van der Waals surface area contributed by atoms with Gasteiger partial charge in [0.05, 0.1) is 6.42 Å². The van der Waals surface area contributed by atoms with E-state index >= 15 is 0 Å². The number of hydrogen-bond acceptors (Lipinski definition) is 3. The van der Waals surface area contributed by atoms with Crippen LogP contribution in [0.4, 0.5) is 11.4 Å². The van der Waals surface area contributed by atoms with Crippen molar-refractivity contribution in [1.29, 1.82) is 0 Å². The molecule has 3 rings (SSSR count). The minimum Gasteiger partial charge on any atom is -0.490 e. The molecule has 1 aliphatic rings. The van der Waals surface area contributed by atoms with E-state index in [9.17, 15) is 9.59 Å². The van der Waals surface area contributed by atoms with E-state index in [4.69, 9.17) is 4.74 Å². The number of rotatable bonds is 5. The number of anilines is 2. The summed E-state index contributed by atoms with van der Waals surface area (Å²) in [6.45, 7) is 5.44. The Morgan fingerprint density at radius 2 is 2.00 bits per heavy atom. The molecule has 0 saturated carbocycles. The van der Waals surface area contributed by atoms with Crippen LogP contribution < -0.4 is 15.4 Å². The number of benzene rings is 2. The first-order valence-corrected chi connectivity index (χ1v) is 8.15. The summed E-state index contributed by atoms with van der Waals surface area (Å²) in [5.74, 6) is 0.492. The Morgan fingerprint density at radius 3 is 2.80 bits per heavy atom. The molecule has 0 fully saturated rings. The molecule has 2 aromatic rings. The van der Waals surface area contributed by atoms with Gasteiger partial charge in [-0.25, -0.2) is 0 Å². The van der Waals surface area contributed by atoms with Crippen LogP contribution in [0.3, 0.4) is 0 Å². The van der Waals surface area contributed by atoms with Crippen LogP contribution in [0.1, 0.15) is 18.1 Å². The molecule has 1 heterocycles. The molecule has 5 nitrogen and oxygen atoms in total. The molecular formula is C20H20N2O3. The van der Waals surface area contributed by atoms with Gasteiger partial charge in [0.2, 0.25) is 11.8 Å². The molecule has 2 N–H and O–H groups in total. The smallest absolute Gasteiger partial charge is 0.247 e. The standard InChI is InChI=1S/C20H20N2O3/c1-3-19(23)21-16-6-4-5-14(10-16)11-20(24)22-17-7-8-18-15(12-17)9-13(2)25-18/h3-8,10,12-13H,1,9,11H2,2H3,(H,21,23)(H,22,24). The van der Waals surface area contributed by atoms with Gasteiger partial charge < -0.3 is 15.4 Å². The highest BCUT2D eigenvalue weighted by atomic mass is 16.5. The second kappa shape index (κ2) is 7.21. The maximum Gasteiger partial charge on any atom is 0.247 e. The Kier molecular flexibility index (Phi) is 4.84. The molecule has 0 aliphatic carbocycles. The number of ether oxygens (including phenoxy) is 1. The van der Waals surface area contributed by atoms with Crippen molar-refractivity contribution in [3.05, 3.63) is 66.2 Å². The van der Waals surface area contributed by atoms with Gasteiger partial charge in [0, 0.05) is 17.8 Å². The van der Waals surface area contributed by atoms with Crippen LogP contribution in [0, 0.1) is 0 Å². The minimum atomic E-state index is -0.281. The monoisotopic (exact) mass is 336 g/mol. The maximum atomic E-state index is 12.3. The summed E-state index contributed by atoms with van der Waals surface area (Å²) in [4.78, 5) is 23.6. The highest BCUT2D eigenvalue weighted by Crippen LogP contribution is 2.31. The van der Waals surface area contributed by atoms with Crippen molar-refractivity contribution < 1.29 is 14.3 Å². The van der Waals surface area contributed by atoms with E-state index in [1.165, 1.54) is 6.08 Å². The molecule has 0 saturated heterocycles. The van der Waals surface area contributed by atoms with Crippen molar-refractivity contribution >= 4 is 23.2 Å². The summed E-state index contributed by atoms with van der Waals surface area (Å²) in [5.41, 5.74) is 3.33. The second-order valence-electron chi connectivity index (χ2n) is 6.07. The highest BCUT2D eigenvalue weighted by Gasteiger charge is 2.19. The molecular weight excluding hydrogens is 316 g/mol. The number of amides is 2. The molecule has 2 aromatic carbocycles. The fraction of sp³-hybridized carbons (Fsp3) is 0.200. The third-order valence-corrected chi connectivity index (χ3v) is 3.92. The van der Waals surface area contributed by atoms with Crippen LogP contribution in [-0.2, 0) is 22.4 Å². The first-order chi connectivity index (χ1) is 12.0. The topological polar surface area (TPSA) is 67.4 Å². The van der Waals surface area contributed by atoms with Crippen LogP contribution in [0.25, 0.3) is 0 Å². The molecule has 128 valence electrons. The average Bonchev–Trinajstić information content (AvgIpc) is 2.94. The van der Waals surface area contributed by atoms with Gasteiger partial charge in [0.1, 0.15) is 11.9 Å². The normalized spacial score (nSPS) is 15.0. The molecule has 0 bridgehead atoms. The van der Waals surface area contributed by atoms with Crippen molar-refractivity contribution in [2.24, 2.45) is 0 Å². The second-order valence-corrected chi connectivity index (χ2v) is 6.07. The molecule has 5 heteroatoms. The van der Waals surface area contributed by atoms with Crippen molar-refractivity contribution in [3.63, 3.8) is 0 Å². The molecule has 0 spiro atoms. The lowest BCUT2D eigenvalue weighted by atomic mass is 10.1. The van der Waals surface area contributed by atoms with Crippen LogP contribution in [0.15, 0.2) is 55.1 Å². The largest absolute Gasteiger partial charge is 0.490 e. The zero-order chi connectivity index (χ0) is 17.8. The van der Waals surface area contributed by atoms with E-state index in [2.05, 4.69) is 17.2 Å². The number of carbonyl (C=O) groups excluding carboxylic acids is 2. The summed E-state index contributed by atoms with van der Waals surface area (Å²) in [6.07, 6.45) is 2.46. The zero-order valence-corrected chi connectivity index (χ0v) is 14.0. The van der Waals surface area contributed by atoms with E-state index in [1.54, 1.807) is 18.2 Å². The average molecular weight is 336 g/mol. The van der Waals surface area contributed by atoms with Crippen LogP contribution >= 0.6 is 0 Å². The van der Waals surface area contributed by atoms with Gasteiger partial charge in [0.25, 0.3) is 0 Å². The van der Waals surface area contributed by atoms with Crippen molar-refractivity contribution in [3.8, 4) is 5.75 Å². The van der Waals surface area contributed by atoms with Crippen molar-refractivity contribution in [2.75, 3.05) is 10.6 Å². The van der Waals surface area contributed by atoms with E-state index in [1.807, 2.05) is 31.2 Å². The number of fused-ring (bicyclic) bond motifs is 1. The van der Waals surface area contributed by atoms with Crippen LogP contribution in [0.2, 0.25) is 0 Å². The molecule has 0 aromatic heterocycles. The van der Waals surface area contributed by atoms with Gasteiger partial charge in [-0.1, -0.05) is 18.7 Å². The zero-order valence-electron chi connectivity index (χ0n) is 14.0. The van der Waals surface area contributed by atoms with Gasteiger partial charge in [-0.05, 0) is 54.5 Å². The van der Waals surface area contributed by atoms with E-state index in [-0.39, 0.29) is 24.3 Å². The van der Waals surface area contributed by atoms with Gasteiger partial charge in [-0.15, -0.1) is 0 Å². The van der Waals surface area contributed by atoms with Gasteiger partial charge in [0.15, 0.2) is 0 Å². The Balaban J connectivity index is 1.63. The lowest BCUT2D eigenvalue weighted by Crippen LogP contribution is -2.15. The quantitative estimate of drug-likeness (QED) is 0.823. The summed E-state index contributed by atoms with van der Waals surface area (Å²) < 4.78 is 5.66. The molecule has 1 aliphatic heterocycles. The first-order valence-electron chi connectivity index (χ1n) is 8.15. The lowest BCUT2D eigenvalue weighted by Gasteiger charge is -2.08. The molecule has 1 unspecified atom stereocenters. The van der Waals surface area contributed by atoms with Crippen molar-refractivity contribution in [1.82, 2.24) is 0 Å². The molecule has 2 amide bonds. The molecule has 1 atom stereocenters. The number of carbonyl (C=O) groups is 2. The van der Waals surface area contributed by atoms with Gasteiger partial charge in [-0.3, -0.25) is 9.59 Å². The lowest BCUT2D eigenvalue weighted by molar-refractivity contribution is -0.115. The number of nitrogens with one attached hydrogen (secondary N) is 2. The predicted octanol–water partition coefficient (Wildman–Crippen LogP) is 3.32. The summed E-state index contributed by atoms with van der Waals surface area (Å²) in [6, 6.07) is 12.9. The fourth-order valence-electron chi connectivity index (χ4n) is 2.84. The fourth-order valence-corrected chi connectivity index (χ4v) is 2.84. The summed E-state index contributed by atoms with van der Waals surface area (Å²) in [5, 5.41) is 5.59. The van der Waals surface area contributed by atoms with Crippen LogP contribution in [0.5, 0.6) is 5.75 Å². The van der Waals surface area contributed by atoms with Crippen LogP contribution in [-0.4, -0.2) is 17.9 Å². The maximum absolute atomic E-state index is 12.3. The first kappa shape index (κ1) is 16.8. The SMILES string of the molecule is C=CC(=O)Nc1cccc(CC(=O)Nc2ccc3c(c2)CC(C)O3)c1. The van der Waals surface area contributed by atoms with Gasteiger partial charge >= 0.3 is 0 Å². The Hall–Kier alpha value is -3.08. The Morgan fingerprint density at radius 1 is 1.20 bits per heavy atom. The third kappa shape index (κ3) is 4.26. The summed E-state index contributed by atoms with van der Waals surface area (Å²) >= 11 is 0. The van der Waals surface area contributed by atoms with E-state index in [0.717, 1.165) is 29.0 Å². The summed E-state index contributed by atoms with van der Waals surface area (Å²) in [7, 11) is 0. The van der Waals surface area contributed by atoms with E-state index in [0.29, 0.717) is 5.69 Å². The molecule has 0 radical (unpaired) electrons. The number of hydrogen-bond donors (Lipinski definition) is 2. The van der Waals surface area contributed by atoms with Gasteiger partial charge in [-0.2, -0.15) is 0 Å². The predicted molar refractivity (Wildman–Crippen MR) is 97.8 cm³/mol. The highest BCUT2D eigenvalue weighted by molar-refractivity contribution is 5.99. The Labute approximate surface area is 146 Å².